The summed E-state index contributed by atoms with van der Waals surface area (Å²) in [5, 5.41) is 0. The zero-order valence-electron chi connectivity index (χ0n) is 13.7. The van der Waals surface area contributed by atoms with Crippen LogP contribution in [0.25, 0.3) is 0 Å². The normalized spacial score (nSPS) is 14.4. The van der Waals surface area contributed by atoms with Crippen LogP contribution in [-0.4, -0.2) is 49.6 Å². The quantitative estimate of drug-likeness (QED) is 0.702. The van der Waals surface area contributed by atoms with Gasteiger partial charge in [0.2, 0.25) is 5.91 Å². The summed E-state index contributed by atoms with van der Waals surface area (Å²) in [5.41, 5.74) is 1.07. The number of hydrogen-bond donors (Lipinski definition) is 0. The molecule has 128 valence electrons. The third-order valence-electron chi connectivity index (χ3n) is 4.09. The minimum atomic E-state index is -1.15. The summed E-state index contributed by atoms with van der Waals surface area (Å²) in [4.78, 5) is 27.0. The molecule has 2 amide bonds. The lowest BCUT2D eigenvalue weighted by Gasteiger charge is -2.30. The molecule has 0 radical (unpaired) electrons. The van der Waals surface area contributed by atoms with Gasteiger partial charge in [0.15, 0.2) is 4.84 Å². The van der Waals surface area contributed by atoms with Crippen LogP contribution in [0.3, 0.4) is 0 Å². The molecule has 2 rings (SSSR count). The van der Waals surface area contributed by atoms with E-state index in [-0.39, 0.29) is 24.5 Å². The van der Waals surface area contributed by atoms with E-state index in [0.29, 0.717) is 6.54 Å². The number of carbonyl (C=O) groups excluding carboxylic acids is 2. The van der Waals surface area contributed by atoms with Gasteiger partial charge in [-0.3, -0.25) is 9.59 Å². The fraction of sp³-hybridized carbons (Fsp3) is 0.625. The van der Waals surface area contributed by atoms with Crippen molar-refractivity contribution in [2.75, 3.05) is 6.54 Å². The van der Waals surface area contributed by atoms with Crippen molar-refractivity contribution in [2.24, 2.45) is 7.05 Å². The summed E-state index contributed by atoms with van der Waals surface area (Å²) < 4.78 is 2.00. The number of amides is 2. The lowest BCUT2D eigenvalue weighted by Crippen LogP contribution is -2.48. The van der Waals surface area contributed by atoms with Gasteiger partial charge in [0, 0.05) is 31.0 Å². The smallest absolute Gasteiger partial charge is 0.256 e. The van der Waals surface area contributed by atoms with Crippen LogP contribution < -0.4 is 0 Å². The molecule has 0 bridgehead atoms. The number of alkyl halides is 2. The van der Waals surface area contributed by atoms with Crippen LogP contribution in [0.2, 0.25) is 0 Å². The number of rotatable bonds is 7. The number of aryl methyl sites for hydroxylation is 1. The first kappa shape index (κ1) is 18.1. The van der Waals surface area contributed by atoms with Crippen LogP contribution in [0.15, 0.2) is 18.3 Å². The van der Waals surface area contributed by atoms with Crippen molar-refractivity contribution in [1.29, 1.82) is 0 Å². The fourth-order valence-corrected chi connectivity index (χ4v) is 2.77. The third kappa shape index (κ3) is 4.64. The van der Waals surface area contributed by atoms with E-state index in [1.165, 1.54) is 4.90 Å². The number of halogens is 2. The molecule has 1 heterocycles. The maximum atomic E-state index is 12.7. The summed E-state index contributed by atoms with van der Waals surface area (Å²) in [6, 6.07) is 4.09. The van der Waals surface area contributed by atoms with E-state index in [1.807, 2.05) is 48.7 Å². The summed E-state index contributed by atoms with van der Waals surface area (Å²) in [5.74, 6) is -0.490. The van der Waals surface area contributed by atoms with Crippen molar-refractivity contribution in [1.82, 2.24) is 14.4 Å². The van der Waals surface area contributed by atoms with E-state index in [0.717, 1.165) is 18.5 Å². The molecule has 1 aliphatic carbocycles. The zero-order chi connectivity index (χ0) is 17.1. The van der Waals surface area contributed by atoms with Crippen molar-refractivity contribution in [3.8, 4) is 0 Å². The second-order valence-electron chi connectivity index (χ2n) is 6.22. The van der Waals surface area contributed by atoms with E-state index in [4.69, 9.17) is 23.2 Å². The van der Waals surface area contributed by atoms with Crippen LogP contribution in [-0.2, 0) is 23.2 Å². The molecule has 1 aromatic rings. The lowest BCUT2D eigenvalue weighted by atomic mass is 10.2. The van der Waals surface area contributed by atoms with E-state index in [9.17, 15) is 9.59 Å². The van der Waals surface area contributed by atoms with E-state index < -0.39 is 10.7 Å². The van der Waals surface area contributed by atoms with Crippen molar-refractivity contribution in [3.63, 3.8) is 0 Å². The lowest BCUT2D eigenvalue weighted by molar-refractivity contribution is -0.141. The Kier molecular flexibility index (Phi) is 5.98. The summed E-state index contributed by atoms with van der Waals surface area (Å²) in [6.07, 6.45) is 3.99. The maximum absolute atomic E-state index is 12.7. The number of carbonyl (C=O) groups is 2. The average molecular weight is 360 g/mol. The summed E-state index contributed by atoms with van der Waals surface area (Å²) in [7, 11) is 1.96. The Balaban J connectivity index is 2.08. The molecule has 0 aliphatic heterocycles. The Morgan fingerprint density at radius 3 is 2.43 bits per heavy atom. The van der Waals surface area contributed by atoms with Gasteiger partial charge in [-0.25, -0.2) is 0 Å². The molecule has 7 heteroatoms. The molecule has 0 atom stereocenters. The number of nitrogens with zero attached hydrogens (tertiary/aromatic N) is 3. The van der Waals surface area contributed by atoms with E-state index >= 15 is 0 Å². The molecule has 1 aromatic heterocycles. The van der Waals surface area contributed by atoms with Crippen LogP contribution in [0, 0.1) is 0 Å². The third-order valence-corrected chi connectivity index (χ3v) is 4.46. The molecule has 23 heavy (non-hydrogen) atoms. The Morgan fingerprint density at radius 2 is 2.00 bits per heavy atom. The molecule has 0 unspecified atom stereocenters. The zero-order valence-corrected chi connectivity index (χ0v) is 15.2. The summed E-state index contributed by atoms with van der Waals surface area (Å²) in [6.45, 7) is 4.26. The van der Waals surface area contributed by atoms with Gasteiger partial charge in [0.25, 0.3) is 5.91 Å². The monoisotopic (exact) mass is 359 g/mol. The van der Waals surface area contributed by atoms with Crippen LogP contribution >= 0.6 is 23.2 Å². The second-order valence-corrected chi connectivity index (χ2v) is 7.32. The molecule has 0 spiro atoms. The molecule has 0 N–H and O–H groups in total. The minimum absolute atomic E-state index is 0.00730. The van der Waals surface area contributed by atoms with Crippen molar-refractivity contribution in [2.45, 2.75) is 50.2 Å². The number of hydrogen-bond acceptors (Lipinski definition) is 2. The second kappa shape index (κ2) is 7.58. The molecule has 1 fully saturated rings. The molecule has 5 nitrogen and oxygen atoms in total. The van der Waals surface area contributed by atoms with E-state index in [2.05, 4.69) is 0 Å². The van der Waals surface area contributed by atoms with Crippen molar-refractivity contribution in [3.05, 3.63) is 24.0 Å². The fourth-order valence-electron chi connectivity index (χ4n) is 2.52. The molecule has 1 aliphatic rings. The first-order valence-electron chi connectivity index (χ1n) is 7.79. The van der Waals surface area contributed by atoms with Gasteiger partial charge < -0.3 is 14.4 Å². The molecular weight excluding hydrogens is 337 g/mol. The predicted molar refractivity (Wildman–Crippen MR) is 91.3 cm³/mol. The predicted octanol–water partition coefficient (Wildman–Crippen LogP) is 2.56. The van der Waals surface area contributed by atoms with Gasteiger partial charge in [0.1, 0.15) is 6.54 Å². The van der Waals surface area contributed by atoms with Gasteiger partial charge >= 0.3 is 0 Å². The van der Waals surface area contributed by atoms with Gasteiger partial charge in [-0.2, -0.15) is 0 Å². The highest BCUT2D eigenvalue weighted by Gasteiger charge is 2.35. The Bertz CT molecular complexity index is 567. The maximum Gasteiger partial charge on any atom is 0.256 e. The van der Waals surface area contributed by atoms with Crippen LogP contribution in [0.4, 0.5) is 0 Å². The summed E-state index contributed by atoms with van der Waals surface area (Å²) >= 11 is 11.4. The molecule has 0 aromatic carbocycles. The Labute approximate surface area is 147 Å². The largest absolute Gasteiger partial charge is 0.353 e. The van der Waals surface area contributed by atoms with E-state index in [1.54, 1.807) is 0 Å². The highest BCUT2D eigenvalue weighted by molar-refractivity contribution is 6.53. The van der Waals surface area contributed by atoms with Gasteiger partial charge in [-0.15, -0.1) is 0 Å². The topological polar surface area (TPSA) is 45.6 Å². The Morgan fingerprint density at radius 1 is 1.35 bits per heavy atom. The first-order chi connectivity index (χ1) is 10.8. The average Bonchev–Trinajstić information content (AvgIpc) is 3.24. The van der Waals surface area contributed by atoms with Crippen LogP contribution in [0.1, 0.15) is 32.4 Å². The minimum Gasteiger partial charge on any atom is -0.353 e. The van der Waals surface area contributed by atoms with Gasteiger partial charge in [-0.1, -0.05) is 23.2 Å². The standard InChI is InChI=1S/C16H23Cl2N3O2/c1-11(2)20(16(23)15(17)18)10-14(22)21(12-6-7-12)9-13-5-4-8-19(13)3/h4-5,8,11-12,15H,6-7,9-10H2,1-3H3. The highest BCUT2D eigenvalue weighted by Crippen LogP contribution is 2.29. The van der Waals surface area contributed by atoms with Crippen molar-refractivity contribution >= 4 is 35.0 Å². The molecule has 1 saturated carbocycles. The SMILES string of the molecule is CC(C)N(CC(=O)N(Cc1cccn1C)C1CC1)C(=O)C(Cl)Cl. The first-order valence-corrected chi connectivity index (χ1v) is 8.66. The molecular formula is C16H23Cl2N3O2. The van der Waals surface area contributed by atoms with Crippen molar-refractivity contribution < 1.29 is 9.59 Å². The Hall–Kier alpha value is -1.20. The van der Waals surface area contributed by atoms with Gasteiger partial charge in [-0.05, 0) is 38.8 Å². The number of aromatic nitrogens is 1. The molecule has 0 saturated heterocycles. The van der Waals surface area contributed by atoms with Gasteiger partial charge in [0.05, 0.1) is 6.54 Å². The highest BCUT2D eigenvalue weighted by atomic mass is 35.5. The van der Waals surface area contributed by atoms with Crippen LogP contribution in [0.5, 0.6) is 0 Å².